The molecule has 86 valence electrons. The molecule has 1 saturated heterocycles. The third-order valence-electron chi connectivity index (χ3n) is 3.09. The minimum Gasteiger partial charge on any atom is -0.353 e. The second-order valence-corrected chi connectivity index (χ2v) is 3.92. The number of piperazine rings is 1. The number of hydrogen-bond donors (Lipinski definition) is 2. The molecule has 1 fully saturated rings. The van der Waals surface area contributed by atoms with E-state index in [-0.39, 0.29) is 11.7 Å². The number of amides is 1. The molecular formula is C12H15FN2O. The third kappa shape index (κ3) is 1.59. The molecule has 1 amide bonds. The van der Waals surface area contributed by atoms with Crippen LogP contribution in [0.4, 0.5) is 4.39 Å². The summed E-state index contributed by atoms with van der Waals surface area (Å²) in [4.78, 5) is 12.0. The van der Waals surface area contributed by atoms with Gasteiger partial charge in [-0.15, -0.1) is 0 Å². The highest BCUT2D eigenvalue weighted by Crippen LogP contribution is 2.28. The molecule has 0 bridgehead atoms. The van der Waals surface area contributed by atoms with Crippen LogP contribution in [0.25, 0.3) is 0 Å². The van der Waals surface area contributed by atoms with E-state index in [2.05, 4.69) is 10.6 Å². The van der Waals surface area contributed by atoms with Crippen LogP contribution in [0.2, 0.25) is 0 Å². The van der Waals surface area contributed by atoms with E-state index in [1.165, 1.54) is 6.07 Å². The largest absolute Gasteiger partial charge is 0.353 e. The van der Waals surface area contributed by atoms with Gasteiger partial charge in [0.1, 0.15) is 11.4 Å². The Balaban J connectivity index is 2.48. The zero-order chi connectivity index (χ0) is 11.6. The molecule has 1 atom stereocenters. The molecule has 4 heteroatoms. The van der Waals surface area contributed by atoms with Crippen molar-refractivity contribution >= 4 is 5.91 Å². The predicted octanol–water partition coefficient (Wildman–Crippen LogP) is 1.15. The summed E-state index contributed by atoms with van der Waals surface area (Å²) in [7, 11) is 0. The van der Waals surface area contributed by atoms with Crippen molar-refractivity contribution in [2.75, 3.05) is 13.1 Å². The second-order valence-electron chi connectivity index (χ2n) is 3.92. The van der Waals surface area contributed by atoms with E-state index < -0.39 is 5.54 Å². The number of hydrogen-bond acceptors (Lipinski definition) is 2. The first-order valence-corrected chi connectivity index (χ1v) is 5.49. The number of halogens is 1. The number of nitrogens with one attached hydrogen (secondary N) is 2. The molecule has 1 aromatic carbocycles. The summed E-state index contributed by atoms with van der Waals surface area (Å²) in [5.41, 5.74) is -0.487. The Morgan fingerprint density at radius 3 is 2.75 bits per heavy atom. The molecule has 1 unspecified atom stereocenters. The van der Waals surface area contributed by atoms with Crippen molar-refractivity contribution in [1.29, 1.82) is 0 Å². The Morgan fingerprint density at radius 1 is 1.38 bits per heavy atom. The van der Waals surface area contributed by atoms with Crippen molar-refractivity contribution in [3.63, 3.8) is 0 Å². The van der Waals surface area contributed by atoms with Gasteiger partial charge in [-0.1, -0.05) is 25.1 Å². The van der Waals surface area contributed by atoms with Crippen LogP contribution >= 0.6 is 0 Å². The summed E-state index contributed by atoms with van der Waals surface area (Å²) >= 11 is 0. The van der Waals surface area contributed by atoms with E-state index in [0.29, 0.717) is 25.1 Å². The Kier molecular flexibility index (Phi) is 2.92. The van der Waals surface area contributed by atoms with Crippen LogP contribution < -0.4 is 10.6 Å². The van der Waals surface area contributed by atoms with Crippen LogP contribution in [0, 0.1) is 5.82 Å². The minimum atomic E-state index is -0.913. The van der Waals surface area contributed by atoms with Gasteiger partial charge < -0.3 is 5.32 Å². The van der Waals surface area contributed by atoms with Gasteiger partial charge in [0.05, 0.1) is 0 Å². The predicted molar refractivity (Wildman–Crippen MR) is 59.4 cm³/mol. The zero-order valence-corrected chi connectivity index (χ0v) is 9.22. The Bertz CT molecular complexity index is 408. The molecule has 2 N–H and O–H groups in total. The van der Waals surface area contributed by atoms with Gasteiger partial charge in [0, 0.05) is 18.7 Å². The fourth-order valence-electron chi connectivity index (χ4n) is 2.18. The smallest absolute Gasteiger partial charge is 0.245 e. The first kappa shape index (κ1) is 11.1. The second kappa shape index (κ2) is 4.22. The molecule has 1 heterocycles. The standard InChI is InChI=1S/C12H15FN2O/c1-2-12(11(16)14-7-8-15-12)9-5-3-4-6-10(9)13/h3-6,15H,2,7-8H2,1H3,(H,14,16). The number of carbonyl (C=O) groups excluding carboxylic acids is 1. The highest BCUT2D eigenvalue weighted by atomic mass is 19.1. The number of benzene rings is 1. The molecule has 1 aliphatic rings. The van der Waals surface area contributed by atoms with E-state index in [4.69, 9.17) is 0 Å². The van der Waals surface area contributed by atoms with Crippen LogP contribution in [0.1, 0.15) is 18.9 Å². The van der Waals surface area contributed by atoms with E-state index in [1.807, 2.05) is 6.92 Å². The molecule has 0 radical (unpaired) electrons. The quantitative estimate of drug-likeness (QED) is 0.788. The van der Waals surface area contributed by atoms with Gasteiger partial charge in [-0.2, -0.15) is 0 Å². The van der Waals surface area contributed by atoms with Gasteiger partial charge in [-0.3, -0.25) is 10.1 Å². The van der Waals surface area contributed by atoms with Crippen LogP contribution in [-0.4, -0.2) is 19.0 Å². The molecule has 0 spiro atoms. The first-order chi connectivity index (χ1) is 7.70. The Hall–Kier alpha value is -1.42. The van der Waals surface area contributed by atoms with E-state index in [0.717, 1.165) is 0 Å². The van der Waals surface area contributed by atoms with Crippen molar-refractivity contribution < 1.29 is 9.18 Å². The van der Waals surface area contributed by atoms with Gasteiger partial charge in [-0.05, 0) is 12.5 Å². The summed E-state index contributed by atoms with van der Waals surface area (Å²) in [6.45, 7) is 3.13. The fourth-order valence-corrected chi connectivity index (χ4v) is 2.18. The monoisotopic (exact) mass is 222 g/mol. The maximum Gasteiger partial charge on any atom is 0.245 e. The van der Waals surface area contributed by atoms with Gasteiger partial charge in [-0.25, -0.2) is 4.39 Å². The topological polar surface area (TPSA) is 41.1 Å². The molecular weight excluding hydrogens is 207 g/mol. The molecule has 1 aromatic rings. The lowest BCUT2D eigenvalue weighted by Gasteiger charge is -2.37. The molecule has 0 aromatic heterocycles. The molecule has 2 rings (SSSR count). The van der Waals surface area contributed by atoms with E-state index >= 15 is 0 Å². The van der Waals surface area contributed by atoms with Crippen LogP contribution in [-0.2, 0) is 10.3 Å². The Labute approximate surface area is 94.0 Å². The number of rotatable bonds is 2. The van der Waals surface area contributed by atoms with Gasteiger partial charge in [0.25, 0.3) is 0 Å². The number of carbonyl (C=O) groups is 1. The lowest BCUT2D eigenvalue weighted by molar-refractivity contribution is -0.130. The zero-order valence-electron chi connectivity index (χ0n) is 9.22. The maximum atomic E-state index is 13.8. The summed E-state index contributed by atoms with van der Waals surface area (Å²) in [5, 5.41) is 5.92. The minimum absolute atomic E-state index is 0.147. The fraction of sp³-hybridized carbons (Fsp3) is 0.417. The molecule has 3 nitrogen and oxygen atoms in total. The van der Waals surface area contributed by atoms with Crippen molar-refractivity contribution in [2.24, 2.45) is 0 Å². The van der Waals surface area contributed by atoms with Gasteiger partial charge in [0.2, 0.25) is 5.91 Å². The molecule has 0 aliphatic carbocycles. The normalized spacial score (nSPS) is 25.2. The average Bonchev–Trinajstić information content (AvgIpc) is 2.31. The lowest BCUT2D eigenvalue weighted by Crippen LogP contribution is -2.60. The van der Waals surface area contributed by atoms with Gasteiger partial charge >= 0.3 is 0 Å². The highest BCUT2D eigenvalue weighted by Gasteiger charge is 2.41. The third-order valence-corrected chi connectivity index (χ3v) is 3.09. The van der Waals surface area contributed by atoms with E-state index in [1.54, 1.807) is 18.2 Å². The Morgan fingerprint density at radius 2 is 2.12 bits per heavy atom. The van der Waals surface area contributed by atoms with Gasteiger partial charge in [0.15, 0.2) is 0 Å². The van der Waals surface area contributed by atoms with E-state index in [9.17, 15) is 9.18 Å². The molecule has 16 heavy (non-hydrogen) atoms. The first-order valence-electron chi connectivity index (χ1n) is 5.49. The van der Waals surface area contributed by atoms with Crippen LogP contribution in [0.15, 0.2) is 24.3 Å². The van der Waals surface area contributed by atoms with Crippen LogP contribution in [0.3, 0.4) is 0 Å². The van der Waals surface area contributed by atoms with Crippen molar-refractivity contribution in [2.45, 2.75) is 18.9 Å². The summed E-state index contributed by atoms with van der Waals surface area (Å²) in [6.07, 6.45) is 0.528. The van der Waals surface area contributed by atoms with Crippen molar-refractivity contribution in [1.82, 2.24) is 10.6 Å². The average molecular weight is 222 g/mol. The highest BCUT2D eigenvalue weighted by molar-refractivity contribution is 5.88. The maximum absolute atomic E-state index is 13.8. The van der Waals surface area contributed by atoms with Crippen molar-refractivity contribution in [3.05, 3.63) is 35.6 Å². The summed E-state index contributed by atoms with van der Waals surface area (Å²) in [6, 6.07) is 6.43. The van der Waals surface area contributed by atoms with Crippen LogP contribution in [0.5, 0.6) is 0 Å². The summed E-state index contributed by atoms with van der Waals surface area (Å²) < 4.78 is 13.8. The van der Waals surface area contributed by atoms with Crippen molar-refractivity contribution in [3.8, 4) is 0 Å². The molecule has 1 aliphatic heterocycles. The molecule has 0 saturated carbocycles. The lowest BCUT2D eigenvalue weighted by atomic mass is 9.84. The summed E-state index contributed by atoms with van der Waals surface area (Å²) in [5.74, 6) is -0.486. The SMILES string of the molecule is CCC1(c2ccccc2F)NCCNC1=O.